The Morgan fingerprint density at radius 2 is 1.40 bits per heavy atom. The maximum atomic E-state index is 13.1. The summed E-state index contributed by atoms with van der Waals surface area (Å²) in [5.74, 6) is -1.09. The number of Topliss-reactive ketones (excluding diaryl/α,β-unsaturated/α-hetero) is 1. The van der Waals surface area contributed by atoms with Crippen LogP contribution in [0.5, 0.6) is 11.5 Å². The molecule has 0 saturated heterocycles. The number of para-hydroxylation sites is 1. The molecule has 0 aliphatic rings. The summed E-state index contributed by atoms with van der Waals surface area (Å²) in [6.45, 7) is 5.27. The maximum absolute atomic E-state index is 13.1. The van der Waals surface area contributed by atoms with Crippen molar-refractivity contribution in [1.29, 1.82) is 0 Å². The van der Waals surface area contributed by atoms with Crippen LogP contribution < -0.4 is 20.7 Å². The van der Waals surface area contributed by atoms with Crippen molar-refractivity contribution in [2.75, 3.05) is 6.54 Å². The van der Waals surface area contributed by atoms with Crippen LogP contribution >= 0.6 is 0 Å². The van der Waals surface area contributed by atoms with Gasteiger partial charge >= 0.3 is 6.09 Å². The SMILES string of the molecule is CCC(NC(=O)[C@H](CC(C)C)NC(=O)OCc1ccccc1)C(=O)C(=O)NCC(O)c1ccc(Oc2ccccc2)cc1. The average molecular weight is 590 g/mol. The second-order valence-corrected chi connectivity index (χ2v) is 10.4. The number of carbonyl (C=O) groups excluding carboxylic acids is 4. The lowest BCUT2D eigenvalue weighted by Crippen LogP contribution is -2.54. The molecular weight excluding hydrogens is 550 g/mol. The van der Waals surface area contributed by atoms with Crippen LogP contribution in [-0.4, -0.2) is 47.4 Å². The molecule has 0 spiro atoms. The largest absolute Gasteiger partial charge is 0.457 e. The highest BCUT2D eigenvalue weighted by Gasteiger charge is 2.30. The Morgan fingerprint density at radius 1 is 0.791 bits per heavy atom. The molecule has 4 N–H and O–H groups in total. The van der Waals surface area contributed by atoms with Crippen molar-refractivity contribution in [2.45, 2.75) is 58.4 Å². The summed E-state index contributed by atoms with van der Waals surface area (Å²) in [5, 5.41) is 18.1. The van der Waals surface area contributed by atoms with E-state index in [-0.39, 0.29) is 25.5 Å². The lowest BCUT2D eigenvalue weighted by molar-refractivity contribution is -0.140. The fourth-order valence-electron chi connectivity index (χ4n) is 4.17. The van der Waals surface area contributed by atoms with E-state index in [1.165, 1.54) is 0 Å². The molecule has 0 aliphatic heterocycles. The molecule has 10 heteroatoms. The fourth-order valence-corrected chi connectivity index (χ4v) is 4.17. The van der Waals surface area contributed by atoms with E-state index >= 15 is 0 Å². The van der Waals surface area contributed by atoms with Gasteiger partial charge in [0.2, 0.25) is 11.7 Å². The maximum Gasteiger partial charge on any atom is 0.408 e. The summed E-state index contributed by atoms with van der Waals surface area (Å²) in [7, 11) is 0. The van der Waals surface area contributed by atoms with Crippen molar-refractivity contribution >= 4 is 23.7 Å². The summed E-state index contributed by atoms with van der Waals surface area (Å²) in [5.41, 5.74) is 1.32. The van der Waals surface area contributed by atoms with Crippen molar-refractivity contribution < 1.29 is 33.8 Å². The van der Waals surface area contributed by atoms with Gasteiger partial charge in [-0.15, -0.1) is 0 Å². The first-order valence-corrected chi connectivity index (χ1v) is 14.3. The molecule has 228 valence electrons. The smallest absolute Gasteiger partial charge is 0.408 e. The minimum absolute atomic E-state index is 0.0381. The summed E-state index contributed by atoms with van der Waals surface area (Å²) < 4.78 is 11.0. The van der Waals surface area contributed by atoms with E-state index in [1.54, 1.807) is 31.2 Å². The normalized spacial score (nSPS) is 12.9. The minimum Gasteiger partial charge on any atom is -0.457 e. The van der Waals surface area contributed by atoms with E-state index in [2.05, 4.69) is 16.0 Å². The Hall–Kier alpha value is -4.70. The van der Waals surface area contributed by atoms with Crippen LogP contribution in [0.3, 0.4) is 0 Å². The second-order valence-electron chi connectivity index (χ2n) is 10.4. The summed E-state index contributed by atoms with van der Waals surface area (Å²) in [6.07, 6.45) is -1.39. The van der Waals surface area contributed by atoms with Gasteiger partial charge in [0.15, 0.2) is 0 Å². The number of ketones is 1. The number of hydrogen-bond acceptors (Lipinski definition) is 7. The van der Waals surface area contributed by atoms with Crippen LogP contribution in [0.1, 0.15) is 50.8 Å². The van der Waals surface area contributed by atoms with Crippen LogP contribution in [0.2, 0.25) is 0 Å². The van der Waals surface area contributed by atoms with E-state index in [4.69, 9.17) is 9.47 Å². The number of ether oxygens (including phenoxy) is 2. The highest BCUT2D eigenvalue weighted by Crippen LogP contribution is 2.23. The van der Waals surface area contributed by atoms with Crippen LogP contribution in [0.25, 0.3) is 0 Å². The number of aliphatic hydroxyl groups is 1. The highest BCUT2D eigenvalue weighted by molar-refractivity contribution is 6.38. The molecule has 10 nitrogen and oxygen atoms in total. The molecule has 0 heterocycles. The third-order valence-electron chi connectivity index (χ3n) is 6.49. The van der Waals surface area contributed by atoms with Gasteiger partial charge in [0.05, 0.1) is 12.1 Å². The quantitative estimate of drug-likeness (QED) is 0.192. The molecule has 2 unspecified atom stereocenters. The summed E-state index contributed by atoms with van der Waals surface area (Å²) in [6, 6.07) is 23.0. The molecule has 0 radical (unpaired) electrons. The van der Waals surface area contributed by atoms with Crippen molar-refractivity contribution in [2.24, 2.45) is 5.92 Å². The van der Waals surface area contributed by atoms with Crippen LogP contribution in [-0.2, 0) is 25.7 Å². The number of carbonyl (C=O) groups is 4. The number of benzene rings is 3. The molecule has 0 bridgehead atoms. The van der Waals surface area contributed by atoms with E-state index in [9.17, 15) is 24.3 Å². The zero-order chi connectivity index (χ0) is 31.2. The first-order valence-electron chi connectivity index (χ1n) is 14.3. The number of alkyl carbamates (subject to hydrolysis) is 1. The predicted molar refractivity (Wildman–Crippen MR) is 161 cm³/mol. The molecular formula is C33H39N3O7. The predicted octanol–water partition coefficient (Wildman–Crippen LogP) is 4.43. The number of rotatable bonds is 15. The molecule has 3 atom stereocenters. The third-order valence-corrected chi connectivity index (χ3v) is 6.49. The van der Waals surface area contributed by atoms with Crippen molar-refractivity contribution in [3.8, 4) is 11.5 Å². The molecule has 0 aromatic heterocycles. The van der Waals surface area contributed by atoms with Gasteiger partial charge in [0, 0.05) is 6.54 Å². The van der Waals surface area contributed by atoms with Crippen LogP contribution in [0.4, 0.5) is 4.79 Å². The number of amides is 3. The van der Waals surface area contributed by atoms with Crippen LogP contribution in [0, 0.1) is 5.92 Å². The van der Waals surface area contributed by atoms with Gasteiger partial charge in [-0.25, -0.2) is 4.79 Å². The molecule has 0 aliphatic carbocycles. The standard InChI is InChI=1S/C33H39N3O7/c1-4-27(35-31(39)28(19-22(2)3)36-33(41)42-21-23-11-7-5-8-12-23)30(38)32(40)34-20-29(37)24-15-17-26(18-16-24)43-25-13-9-6-10-14-25/h5-18,22,27-29,37H,4,19-21H2,1-3H3,(H,34,40)(H,35,39)(H,36,41)/t27?,28-,29?/m0/s1. The summed E-state index contributed by atoms with van der Waals surface area (Å²) in [4.78, 5) is 51.0. The van der Waals surface area contributed by atoms with Crippen molar-refractivity contribution in [1.82, 2.24) is 16.0 Å². The molecule has 3 rings (SSSR count). The van der Waals surface area contributed by atoms with Crippen LogP contribution in [0.15, 0.2) is 84.9 Å². The Balaban J connectivity index is 1.50. The summed E-state index contributed by atoms with van der Waals surface area (Å²) >= 11 is 0. The van der Waals surface area contributed by atoms with Crippen molar-refractivity contribution in [3.05, 3.63) is 96.1 Å². The van der Waals surface area contributed by atoms with E-state index in [0.717, 1.165) is 5.56 Å². The van der Waals surface area contributed by atoms with Gasteiger partial charge in [0.25, 0.3) is 5.91 Å². The van der Waals surface area contributed by atoms with Gasteiger partial charge in [0.1, 0.15) is 24.1 Å². The van der Waals surface area contributed by atoms with Gasteiger partial charge in [-0.3, -0.25) is 14.4 Å². The van der Waals surface area contributed by atoms with Gasteiger partial charge < -0.3 is 30.5 Å². The van der Waals surface area contributed by atoms with Gasteiger partial charge in [-0.1, -0.05) is 81.4 Å². The Bertz CT molecular complexity index is 1330. The lowest BCUT2D eigenvalue weighted by atomic mass is 10.0. The lowest BCUT2D eigenvalue weighted by Gasteiger charge is -2.23. The zero-order valence-corrected chi connectivity index (χ0v) is 24.6. The monoisotopic (exact) mass is 589 g/mol. The third kappa shape index (κ3) is 10.9. The fraction of sp³-hybridized carbons (Fsp3) is 0.333. The van der Waals surface area contributed by atoms with Gasteiger partial charge in [-0.2, -0.15) is 0 Å². The average Bonchev–Trinajstić information content (AvgIpc) is 3.01. The van der Waals surface area contributed by atoms with E-state index in [0.29, 0.717) is 23.5 Å². The second kappa shape index (κ2) is 16.7. The zero-order valence-electron chi connectivity index (χ0n) is 24.6. The highest BCUT2D eigenvalue weighted by atomic mass is 16.5. The topological polar surface area (TPSA) is 143 Å². The Morgan fingerprint density at radius 3 is 2.00 bits per heavy atom. The number of nitrogens with one attached hydrogen (secondary N) is 3. The molecule has 3 amide bonds. The number of hydrogen-bond donors (Lipinski definition) is 4. The molecule has 0 fully saturated rings. The van der Waals surface area contributed by atoms with Crippen molar-refractivity contribution in [3.63, 3.8) is 0 Å². The van der Waals surface area contributed by atoms with E-state index < -0.39 is 41.9 Å². The first kappa shape index (κ1) is 32.8. The first-order chi connectivity index (χ1) is 20.7. The molecule has 3 aromatic rings. The van der Waals surface area contributed by atoms with E-state index in [1.807, 2.05) is 74.5 Å². The van der Waals surface area contributed by atoms with Gasteiger partial charge in [-0.05, 0) is 54.2 Å². The Labute approximate surface area is 251 Å². The molecule has 3 aromatic carbocycles. The minimum atomic E-state index is -1.11. The molecule has 0 saturated carbocycles. The number of aliphatic hydroxyl groups excluding tert-OH is 1. The molecule has 43 heavy (non-hydrogen) atoms. The Kier molecular flexibility index (Phi) is 12.7.